The zero-order chi connectivity index (χ0) is 19.1. The number of amides is 2. The molecule has 2 amide bonds. The van der Waals surface area contributed by atoms with Crippen LogP contribution in [0.5, 0.6) is 0 Å². The van der Waals surface area contributed by atoms with Gasteiger partial charge in [-0.25, -0.2) is 10.5 Å². The van der Waals surface area contributed by atoms with Crippen molar-refractivity contribution < 1.29 is 14.8 Å². The molecule has 1 aliphatic heterocycles. The number of rotatable bonds is 5. The molecule has 1 atom stereocenters. The van der Waals surface area contributed by atoms with E-state index in [2.05, 4.69) is 17.1 Å². The van der Waals surface area contributed by atoms with E-state index in [0.717, 1.165) is 19.5 Å². The first kappa shape index (κ1) is 21.3. The van der Waals surface area contributed by atoms with E-state index in [1.165, 1.54) is 29.3 Å². The molecule has 28 heavy (non-hydrogen) atoms. The molecule has 7 heteroatoms. The molecular weight excluding hydrogens is 378 g/mol. The summed E-state index contributed by atoms with van der Waals surface area (Å²) >= 11 is 0. The Balaban J connectivity index is 0.00000280. The van der Waals surface area contributed by atoms with Gasteiger partial charge < -0.3 is 4.90 Å². The maximum absolute atomic E-state index is 12.5. The molecule has 1 aromatic heterocycles. The molecule has 1 fully saturated rings. The van der Waals surface area contributed by atoms with Crippen molar-refractivity contribution >= 4 is 36.4 Å². The third kappa shape index (κ3) is 5.77. The van der Waals surface area contributed by atoms with E-state index in [1.807, 2.05) is 23.1 Å². The molecule has 1 aliphatic rings. The zero-order valence-electron chi connectivity index (χ0n) is 15.2. The average molecular weight is 400 g/mol. The molecule has 0 saturated carbocycles. The van der Waals surface area contributed by atoms with E-state index in [9.17, 15) is 9.59 Å². The van der Waals surface area contributed by atoms with Crippen molar-refractivity contribution in [3.63, 3.8) is 0 Å². The van der Waals surface area contributed by atoms with Crippen molar-refractivity contribution in [1.82, 2.24) is 15.4 Å². The standard InChI is InChI=1S/C21H21N3O3.ClH/c25-20(23-27)11-9-18-7-4-8-19(22-18)10-12-21(26)24-14-13-17(15-24)16-5-2-1-3-6-16;/h1-12,17,27H,13-15H2,(H,23,25);1H. The highest BCUT2D eigenvalue weighted by atomic mass is 35.5. The number of pyridine rings is 1. The quantitative estimate of drug-likeness (QED) is 0.460. The van der Waals surface area contributed by atoms with Crippen molar-refractivity contribution in [2.45, 2.75) is 12.3 Å². The van der Waals surface area contributed by atoms with Crippen LogP contribution in [0.3, 0.4) is 0 Å². The molecule has 2 aromatic rings. The first-order valence-corrected chi connectivity index (χ1v) is 8.77. The first-order valence-electron chi connectivity index (χ1n) is 8.77. The lowest BCUT2D eigenvalue weighted by atomic mass is 9.99. The Morgan fingerprint density at radius 1 is 1.04 bits per heavy atom. The topological polar surface area (TPSA) is 82.5 Å². The van der Waals surface area contributed by atoms with Gasteiger partial charge in [0.05, 0.1) is 11.4 Å². The number of carbonyl (C=O) groups excluding carboxylic acids is 2. The summed E-state index contributed by atoms with van der Waals surface area (Å²) in [6.45, 7) is 1.47. The van der Waals surface area contributed by atoms with Crippen LogP contribution in [0.15, 0.2) is 60.7 Å². The van der Waals surface area contributed by atoms with Crippen molar-refractivity contribution in [2.24, 2.45) is 0 Å². The Morgan fingerprint density at radius 3 is 2.39 bits per heavy atom. The van der Waals surface area contributed by atoms with Crippen molar-refractivity contribution in [2.75, 3.05) is 13.1 Å². The lowest BCUT2D eigenvalue weighted by molar-refractivity contribution is -0.125. The van der Waals surface area contributed by atoms with Crippen LogP contribution in [0.1, 0.15) is 29.3 Å². The number of nitrogens with zero attached hydrogens (tertiary/aromatic N) is 2. The molecule has 2 heterocycles. The minimum Gasteiger partial charge on any atom is -0.339 e. The van der Waals surface area contributed by atoms with Gasteiger partial charge in [0.2, 0.25) is 5.91 Å². The molecule has 0 bridgehead atoms. The van der Waals surface area contributed by atoms with Crippen LogP contribution in [-0.4, -0.2) is 40.0 Å². The van der Waals surface area contributed by atoms with E-state index >= 15 is 0 Å². The molecule has 146 valence electrons. The van der Waals surface area contributed by atoms with Gasteiger partial charge in [-0.1, -0.05) is 36.4 Å². The van der Waals surface area contributed by atoms with Gasteiger partial charge in [-0.15, -0.1) is 12.4 Å². The maximum Gasteiger partial charge on any atom is 0.267 e. The highest BCUT2D eigenvalue weighted by Crippen LogP contribution is 2.27. The van der Waals surface area contributed by atoms with Gasteiger partial charge in [-0.3, -0.25) is 14.8 Å². The van der Waals surface area contributed by atoms with Crippen molar-refractivity contribution in [1.29, 1.82) is 0 Å². The lowest BCUT2D eigenvalue weighted by Crippen LogP contribution is -2.26. The molecule has 0 aliphatic carbocycles. The molecule has 1 aromatic carbocycles. The van der Waals surface area contributed by atoms with Gasteiger partial charge in [0.15, 0.2) is 0 Å². The normalized spacial score (nSPS) is 16.3. The third-order valence-corrected chi connectivity index (χ3v) is 4.48. The Bertz CT molecular complexity index is 868. The minimum atomic E-state index is -0.630. The van der Waals surface area contributed by atoms with E-state index < -0.39 is 5.91 Å². The Morgan fingerprint density at radius 2 is 1.71 bits per heavy atom. The summed E-state index contributed by atoms with van der Waals surface area (Å²) in [4.78, 5) is 29.7. The van der Waals surface area contributed by atoms with Crippen molar-refractivity contribution in [3.8, 4) is 0 Å². The summed E-state index contributed by atoms with van der Waals surface area (Å²) in [5.41, 5.74) is 3.96. The van der Waals surface area contributed by atoms with Crippen LogP contribution in [0.4, 0.5) is 0 Å². The second-order valence-electron chi connectivity index (χ2n) is 6.31. The SMILES string of the molecule is Cl.O=C(C=Cc1cccc(C=CC(=O)N2CCC(c3ccccc3)C2)n1)NO. The summed E-state index contributed by atoms with van der Waals surface area (Å²) in [5.74, 6) is -0.279. The van der Waals surface area contributed by atoms with Gasteiger partial charge in [0.25, 0.3) is 5.91 Å². The molecule has 0 radical (unpaired) electrons. The van der Waals surface area contributed by atoms with Crippen LogP contribution in [0, 0.1) is 0 Å². The number of aromatic nitrogens is 1. The number of carbonyl (C=O) groups is 2. The predicted molar refractivity (Wildman–Crippen MR) is 110 cm³/mol. The number of hydrogen-bond acceptors (Lipinski definition) is 4. The van der Waals surface area contributed by atoms with Gasteiger partial charge >= 0.3 is 0 Å². The van der Waals surface area contributed by atoms with E-state index in [1.54, 1.807) is 24.3 Å². The van der Waals surface area contributed by atoms with E-state index in [-0.39, 0.29) is 18.3 Å². The largest absolute Gasteiger partial charge is 0.339 e. The average Bonchev–Trinajstić information content (AvgIpc) is 3.21. The van der Waals surface area contributed by atoms with E-state index in [4.69, 9.17) is 5.21 Å². The summed E-state index contributed by atoms with van der Waals surface area (Å²) in [7, 11) is 0. The van der Waals surface area contributed by atoms with Gasteiger partial charge in [-0.2, -0.15) is 0 Å². The van der Waals surface area contributed by atoms with Gasteiger partial charge in [-0.05, 0) is 36.3 Å². The fourth-order valence-electron chi connectivity index (χ4n) is 3.07. The Hall–Kier alpha value is -2.96. The van der Waals surface area contributed by atoms with Crippen molar-refractivity contribution in [3.05, 3.63) is 77.6 Å². The Labute approximate surface area is 170 Å². The first-order chi connectivity index (χ1) is 13.2. The van der Waals surface area contributed by atoms with Gasteiger partial charge in [0.1, 0.15) is 0 Å². The Kier molecular flexibility index (Phi) is 7.92. The number of benzene rings is 1. The second kappa shape index (κ2) is 10.4. The maximum atomic E-state index is 12.5. The molecule has 1 saturated heterocycles. The molecule has 0 spiro atoms. The number of nitrogens with one attached hydrogen (secondary N) is 1. The monoisotopic (exact) mass is 399 g/mol. The number of hydroxylamine groups is 1. The molecule has 1 unspecified atom stereocenters. The lowest BCUT2D eigenvalue weighted by Gasteiger charge is -2.14. The summed E-state index contributed by atoms with van der Waals surface area (Å²) in [6.07, 6.45) is 6.82. The highest BCUT2D eigenvalue weighted by molar-refractivity contribution is 5.92. The summed E-state index contributed by atoms with van der Waals surface area (Å²) in [6, 6.07) is 15.6. The molecule has 2 N–H and O–H groups in total. The fraction of sp³-hybridized carbons (Fsp3) is 0.190. The molecular formula is C21H22ClN3O3. The van der Waals surface area contributed by atoms with Crippen LogP contribution >= 0.6 is 12.4 Å². The second-order valence-corrected chi connectivity index (χ2v) is 6.31. The summed E-state index contributed by atoms with van der Waals surface area (Å²) < 4.78 is 0. The number of hydrogen-bond donors (Lipinski definition) is 2. The molecule has 3 rings (SSSR count). The zero-order valence-corrected chi connectivity index (χ0v) is 16.0. The summed E-state index contributed by atoms with van der Waals surface area (Å²) in [5, 5.41) is 8.48. The smallest absolute Gasteiger partial charge is 0.267 e. The number of halogens is 1. The van der Waals surface area contributed by atoms with Crippen LogP contribution in [0.2, 0.25) is 0 Å². The van der Waals surface area contributed by atoms with Gasteiger partial charge in [0, 0.05) is 31.2 Å². The van der Waals surface area contributed by atoms with Crippen LogP contribution in [-0.2, 0) is 9.59 Å². The number of likely N-dealkylation sites (tertiary alicyclic amines) is 1. The molecule has 6 nitrogen and oxygen atoms in total. The fourth-order valence-corrected chi connectivity index (χ4v) is 3.07. The van der Waals surface area contributed by atoms with Crippen LogP contribution in [0.25, 0.3) is 12.2 Å². The highest BCUT2D eigenvalue weighted by Gasteiger charge is 2.25. The minimum absolute atomic E-state index is 0. The van der Waals surface area contributed by atoms with Crippen LogP contribution < -0.4 is 5.48 Å². The third-order valence-electron chi connectivity index (χ3n) is 4.48. The van der Waals surface area contributed by atoms with E-state index in [0.29, 0.717) is 17.3 Å². The predicted octanol–water partition coefficient (Wildman–Crippen LogP) is 3.05.